The van der Waals surface area contributed by atoms with Crippen LogP contribution in [0.15, 0.2) is 6.33 Å². The van der Waals surface area contributed by atoms with E-state index in [-0.39, 0.29) is 0 Å². The molecule has 2 saturated heterocycles. The molecule has 0 atom stereocenters. The maximum atomic E-state index is 4.89. The number of anilines is 2. The lowest BCUT2D eigenvalue weighted by Crippen LogP contribution is -2.33. The van der Waals surface area contributed by atoms with Crippen LogP contribution in [0.2, 0.25) is 0 Å². The number of H-pyrrole nitrogens is 1. The van der Waals surface area contributed by atoms with E-state index in [0.717, 1.165) is 49.1 Å². The number of fused-ring (bicyclic) bond motifs is 1. The Kier molecular flexibility index (Phi) is 3.37. The molecule has 0 bridgehead atoms. The first-order chi connectivity index (χ1) is 10.4. The Morgan fingerprint density at radius 2 is 1.48 bits per heavy atom. The molecular formula is C15H22N6. The maximum Gasteiger partial charge on any atom is 0.229 e. The Labute approximate surface area is 124 Å². The van der Waals surface area contributed by atoms with Crippen LogP contribution >= 0.6 is 0 Å². The highest BCUT2D eigenvalue weighted by Crippen LogP contribution is 2.27. The maximum absolute atomic E-state index is 4.89. The first kappa shape index (κ1) is 12.9. The summed E-state index contributed by atoms with van der Waals surface area (Å²) in [6.45, 7) is 4.31. The van der Waals surface area contributed by atoms with Crippen molar-refractivity contribution in [1.82, 2.24) is 19.9 Å². The predicted molar refractivity (Wildman–Crippen MR) is 83.8 cm³/mol. The molecule has 2 fully saturated rings. The number of nitrogens with one attached hydrogen (secondary N) is 1. The van der Waals surface area contributed by atoms with Gasteiger partial charge in [0, 0.05) is 26.2 Å². The molecule has 2 aromatic rings. The first-order valence-corrected chi connectivity index (χ1v) is 8.13. The molecule has 112 valence electrons. The second-order valence-electron chi connectivity index (χ2n) is 6.04. The van der Waals surface area contributed by atoms with Crippen LogP contribution in [0.5, 0.6) is 0 Å². The highest BCUT2D eigenvalue weighted by Gasteiger charge is 2.21. The van der Waals surface area contributed by atoms with Crippen LogP contribution in [0.4, 0.5) is 11.8 Å². The lowest BCUT2D eigenvalue weighted by atomic mass is 10.1. The standard InChI is InChI=1S/C15H22N6/c1-3-7-20(8-4-1)14-12-13(17-11-16-12)18-15(19-14)21-9-5-2-6-10-21/h11H,1-10H2,(H,16,17,18,19). The number of hydrogen-bond acceptors (Lipinski definition) is 5. The van der Waals surface area contributed by atoms with E-state index in [1.807, 2.05) is 0 Å². The van der Waals surface area contributed by atoms with E-state index >= 15 is 0 Å². The molecule has 6 heteroatoms. The van der Waals surface area contributed by atoms with Crippen LogP contribution in [0.3, 0.4) is 0 Å². The Morgan fingerprint density at radius 3 is 2.19 bits per heavy atom. The average Bonchev–Trinajstić information content (AvgIpc) is 3.04. The quantitative estimate of drug-likeness (QED) is 0.918. The molecule has 0 radical (unpaired) electrons. The van der Waals surface area contributed by atoms with Crippen molar-refractivity contribution < 1.29 is 0 Å². The Morgan fingerprint density at radius 1 is 0.810 bits per heavy atom. The number of rotatable bonds is 2. The van der Waals surface area contributed by atoms with Gasteiger partial charge in [0.1, 0.15) is 5.52 Å². The van der Waals surface area contributed by atoms with Crippen LogP contribution in [0.25, 0.3) is 11.2 Å². The summed E-state index contributed by atoms with van der Waals surface area (Å²) in [5, 5.41) is 0. The second-order valence-corrected chi connectivity index (χ2v) is 6.04. The molecule has 0 aliphatic carbocycles. The van der Waals surface area contributed by atoms with Crippen LogP contribution in [-0.2, 0) is 0 Å². The molecule has 4 rings (SSSR count). The fraction of sp³-hybridized carbons (Fsp3) is 0.667. The number of aromatic nitrogens is 4. The van der Waals surface area contributed by atoms with Crippen molar-refractivity contribution in [2.45, 2.75) is 38.5 Å². The van der Waals surface area contributed by atoms with Crippen molar-refractivity contribution in [1.29, 1.82) is 0 Å². The minimum absolute atomic E-state index is 0.797. The van der Waals surface area contributed by atoms with Gasteiger partial charge in [-0.25, -0.2) is 4.98 Å². The monoisotopic (exact) mass is 286 g/mol. The van der Waals surface area contributed by atoms with Crippen molar-refractivity contribution in [3.05, 3.63) is 6.33 Å². The number of nitrogens with zero attached hydrogens (tertiary/aromatic N) is 5. The minimum atomic E-state index is 0.797. The zero-order chi connectivity index (χ0) is 14.1. The van der Waals surface area contributed by atoms with Crippen LogP contribution in [-0.4, -0.2) is 46.1 Å². The van der Waals surface area contributed by atoms with Crippen LogP contribution < -0.4 is 9.80 Å². The van der Waals surface area contributed by atoms with Gasteiger partial charge in [0.2, 0.25) is 5.95 Å². The van der Waals surface area contributed by atoms with E-state index in [4.69, 9.17) is 4.98 Å². The summed E-state index contributed by atoms with van der Waals surface area (Å²) in [6.07, 6.45) is 9.35. The topological polar surface area (TPSA) is 60.9 Å². The molecule has 0 amide bonds. The fourth-order valence-electron chi connectivity index (χ4n) is 3.38. The van der Waals surface area contributed by atoms with Gasteiger partial charge in [0.25, 0.3) is 0 Å². The molecular weight excluding hydrogens is 264 g/mol. The van der Waals surface area contributed by atoms with Crippen LogP contribution in [0, 0.1) is 0 Å². The number of hydrogen-bond donors (Lipinski definition) is 1. The molecule has 0 saturated carbocycles. The lowest BCUT2D eigenvalue weighted by Gasteiger charge is -2.30. The van der Waals surface area contributed by atoms with Gasteiger partial charge in [-0.3, -0.25) is 0 Å². The summed E-state index contributed by atoms with van der Waals surface area (Å²) in [4.78, 5) is 21.8. The van der Waals surface area contributed by atoms with Crippen LogP contribution in [0.1, 0.15) is 38.5 Å². The number of imidazole rings is 1. The van der Waals surface area contributed by atoms with Gasteiger partial charge < -0.3 is 14.8 Å². The summed E-state index contributed by atoms with van der Waals surface area (Å²) >= 11 is 0. The Balaban J connectivity index is 1.74. The third kappa shape index (κ3) is 2.43. The third-order valence-electron chi connectivity index (χ3n) is 4.55. The van der Waals surface area contributed by atoms with E-state index in [0.29, 0.717) is 0 Å². The van der Waals surface area contributed by atoms with Gasteiger partial charge in [-0.15, -0.1) is 0 Å². The molecule has 2 aliphatic rings. The smallest absolute Gasteiger partial charge is 0.229 e. The van der Waals surface area contributed by atoms with E-state index in [1.54, 1.807) is 6.33 Å². The Hall–Kier alpha value is -1.85. The second kappa shape index (κ2) is 5.50. The highest BCUT2D eigenvalue weighted by atomic mass is 15.3. The summed E-state index contributed by atoms with van der Waals surface area (Å²) < 4.78 is 0. The largest absolute Gasteiger partial charge is 0.355 e. The van der Waals surface area contributed by atoms with Crippen molar-refractivity contribution in [2.24, 2.45) is 0 Å². The summed E-state index contributed by atoms with van der Waals surface area (Å²) in [7, 11) is 0. The summed E-state index contributed by atoms with van der Waals surface area (Å²) in [6, 6.07) is 0. The fourth-order valence-corrected chi connectivity index (χ4v) is 3.38. The van der Waals surface area contributed by atoms with E-state index < -0.39 is 0 Å². The average molecular weight is 286 g/mol. The molecule has 21 heavy (non-hydrogen) atoms. The lowest BCUT2D eigenvalue weighted by molar-refractivity contribution is 0.562. The van der Waals surface area contributed by atoms with Crippen molar-refractivity contribution in [3.63, 3.8) is 0 Å². The molecule has 2 aromatic heterocycles. The first-order valence-electron chi connectivity index (χ1n) is 8.13. The third-order valence-corrected chi connectivity index (χ3v) is 4.55. The Bertz CT molecular complexity index is 610. The zero-order valence-corrected chi connectivity index (χ0v) is 12.4. The van der Waals surface area contributed by atoms with Gasteiger partial charge in [0.15, 0.2) is 11.5 Å². The number of aromatic amines is 1. The van der Waals surface area contributed by atoms with Gasteiger partial charge in [-0.2, -0.15) is 9.97 Å². The molecule has 0 spiro atoms. The molecule has 0 aromatic carbocycles. The number of piperidine rings is 2. The van der Waals surface area contributed by atoms with E-state index in [9.17, 15) is 0 Å². The van der Waals surface area contributed by atoms with Crippen molar-refractivity contribution in [3.8, 4) is 0 Å². The predicted octanol–water partition coefficient (Wildman–Crippen LogP) is 2.33. The van der Waals surface area contributed by atoms with Gasteiger partial charge in [-0.1, -0.05) is 0 Å². The summed E-state index contributed by atoms with van der Waals surface area (Å²) in [5.74, 6) is 1.90. The normalized spacial score (nSPS) is 20.2. The van der Waals surface area contributed by atoms with E-state index in [2.05, 4.69) is 24.8 Å². The minimum Gasteiger partial charge on any atom is -0.355 e. The van der Waals surface area contributed by atoms with Crippen molar-refractivity contribution >= 4 is 22.9 Å². The zero-order valence-electron chi connectivity index (χ0n) is 12.4. The summed E-state index contributed by atoms with van der Waals surface area (Å²) in [5.41, 5.74) is 1.78. The van der Waals surface area contributed by atoms with Crippen molar-refractivity contribution in [2.75, 3.05) is 36.0 Å². The van der Waals surface area contributed by atoms with E-state index in [1.165, 1.54) is 38.5 Å². The SMILES string of the molecule is c1nc2nc(N3CCCCC3)nc(N3CCCCC3)c2[nH]1. The molecule has 1 N–H and O–H groups in total. The van der Waals surface area contributed by atoms with Gasteiger partial charge >= 0.3 is 0 Å². The molecule has 6 nitrogen and oxygen atoms in total. The van der Waals surface area contributed by atoms with Gasteiger partial charge in [-0.05, 0) is 38.5 Å². The van der Waals surface area contributed by atoms with Gasteiger partial charge in [0.05, 0.1) is 6.33 Å². The molecule has 2 aliphatic heterocycles. The molecule has 0 unspecified atom stereocenters. The molecule has 4 heterocycles. The highest BCUT2D eigenvalue weighted by molar-refractivity contribution is 5.84.